The van der Waals surface area contributed by atoms with Gasteiger partial charge in [-0.3, -0.25) is 0 Å². The van der Waals surface area contributed by atoms with E-state index >= 15 is 0 Å². The van der Waals surface area contributed by atoms with E-state index < -0.39 is 0 Å². The topological polar surface area (TPSA) is 35.5 Å². The smallest absolute Gasteiger partial charge is 0.337 e. The fraction of sp³-hybridized carbons (Fsp3) is 0.150. The van der Waals surface area contributed by atoms with E-state index in [0.29, 0.717) is 5.56 Å². The second-order valence-corrected chi connectivity index (χ2v) is 5.44. The van der Waals surface area contributed by atoms with Gasteiger partial charge in [0.05, 0.1) is 19.8 Å². The van der Waals surface area contributed by atoms with Crippen molar-refractivity contribution in [3.05, 3.63) is 65.7 Å². The minimum absolute atomic E-state index is 0.336. The molecule has 0 spiro atoms. The average Bonchev–Trinajstić information content (AvgIpc) is 2.60. The Morgan fingerprint density at radius 3 is 2.48 bits per heavy atom. The molecule has 3 heteroatoms. The van der Waals surface area contributed by atoms with Gasteiger partial charge in [0.25, 0.3) is 0 Å². The number of hydrogen-bond donors (Lipinski definition) is 0. The molecule has 0 heterocycles. The van der Waals surface area contributed by atoms with Crippen molar-refractivity contribution >= 4 is 16.7 Å². The molecule has 0 aliphatic carbocycles. The molecule has 0 aliphatic rings. The molecular formula is C20H18O3. The van der Waals surface area contributed by atoms with E-state index in [2.05, 4.69) is 6.07 Å². The lowest BCUT2D eigenvalue weighted by Gasteiger charge is -2.13. The van der Waals surface area contributed by atoms with E-state index in [0.717, 1.165) is 33.2 Å². The van der Waals surface area contributed by atoms with Crippen LogP contribution in [-0.4, -0.2) is 20.2 Å². The molecule has 0 N–H and O–H groups in total. The number of rotatable bonds is 3. The number of carbonyl (C=O) groups is 1. The lowest BCUT2D eigenvalue weighted by molar-refractivity contribution is 0.0601. The summed E-state index contributed by atoms with van der Waals surface area (Å²) in [5, 5.41) is 2.07. The van der Waals surface area contributed by atoms with Crippen LogP contribution in [0.15, 0.2) is 54.6 Å². The number of fused-ring (bicyclic) bond motifs is 1. The summed E-state index contributed by atoms with van der Waals surface area (Å²) in [4.78, 5) is 11.8. The highest BCUT2D eigenvalue weighted by molar-refractivity contribution is 6.02. The van der Waals surface area contributed by atoms with Crippen molar-refractivity contribution in [3.63, 3.8) is 0 Å². The quantitative estimate of drug-likeness (QED) is 0.663. The Kier molecular flexibility index (Phi) is 4.02. The van der Waals surface area contributed by atoms with Crippen molar-refractivity contribution in [3.8, 4) is 16.9 Å². The number of hydrogen-bond acceptors (Lipinski definition) is 3. The van der Waals surface area contributed by atoms with Crippen molar-refractivity contribution in [1.82, 2.24) is 0 Å². The van der Waals surface area contributed by atoms with E-state index in [-0.39, 0.29) is 5.97 Å². The third kappa shape index (κ3) is 2.78. The van der Waals surface area contributed by atoms with Crippen LogP contribution in [0.25, 0.3) is 21.9 Å². The first-order valence-electron chi connectivity index (χ1n) is 7.40. The molecule has 3 rings (SSSR count). The Morgan fingerprint density at radius 1 is 0.913 bits per heavy atom. The zero-order chi connectivity index (χ0) is 16.4. The molecule has 0 aliphatic heterocycles. The summed E-state index contributed by atoms with van der Waals surface area (Å²) >= 11 is 0. The minimum Gasteiger partial charge on any atom is -0.496 e. The lowest BCUT2D eigenvalue weighted by Crippen LogP contribution is -2.00. The van der Waals surface area contributed by atoms with Gasteiger partial charge in [-0.05, 0) is 47.0 Å². The molecule has 23 heavy (non-hydrogen) atoms. The highest BCUT2D eigenvalue weighted by Crippen LogP contribution is 2.36. The molecule has 0 radical (unpaired) electrons. The summed E-state index contributed by atoms with van der Waals surface area (Å²) in [6.45, 7) is 2.03. The molecule has 0 unspecified atom stereocenters. The molecule has 0 amide bonds. The number of esters is 1. The maximum Gasteiger partial charge on any atom is 0.337 e. The van der Waals surface area contributed by atoms with Crippen LogP contribution in [-0.2, 0) is 4.74 Å². The Morgan fingerprint density at radius 2 is 1.74 bits per heavy atom. The van der Waals surface area contributed by atoms with Gasteiger partial charge in [-0.15, -0.1) is 0 Å². The van der Waals surface area contributed by atoms with Crippen LogP contribution < -0.4 is 4.74 Å². The monoisotopic (exact) mass is 306 g/mol. The summed E-state index contributed by atoms with van der Waals surface area (Å²) in [7, 11) is 3.06. The fourth-order valence-electron chi connectivity index (χ4n) is 2.77. The number of benzene rings is 3. The Hall–Kier alpha value is -2.81. The summed E-state index contributed by atoms with van der Waals surface area (Å²) in [6, 6.07) is 17.8. The SMILES string of the molecule is COC(=O)c1ccc2cccc(-c3ccc(C)cc3OC)c2c1. The second-order valence-electron chi connectivity index (χ2n) is 5.44. The maximum atomic E-state index is 11.8. The van der Waals surface area contributed by atoms with Gasteiger partial charge in [0.15, 0.2) is 0 Å². The van der Waals surface area contributed by atoms with Crippen LogP contribution in [0, 0.1) is 6.92 Å². The van der Waals surface area contributed by atoms with Crippen LogP contribution in [0.5, 0.6) is 5.75 Å². The summed E-state index contributed by atoms with van der Waals surface area (Å²) < 4.78 is 10.4. The predicted octanol–water partition coefficient (Wildman–Crippen LogP) is 4.61. The van der Waals surface area contributed by atoms with Gasteiger partial charge in [0.2, 0.25) is 0 Å². The van der Waals surface area contributed by atoms with E-state index in [1.54, 1.807) is 13.2 Å². The van der Waals surface area contributed by atoms with E-state index in [1.165, 1.54) is 7.11 Å². The fourth-order valence-corrected chi connectivity index (χ4v) is 2.77. The lowest BCUT2D eigenvalue weighted by atomic mass is 9.95. The van der Waals surface area contributed by atoms with Crippen molar-refractivity contribution in [2.24, 2.45) is 0 Å². The maximum absolute atomic E-state index is 11.8. The molecule has 0 bridgehead atoms. The van der Waals surface area contributed by atoms with Crippen molar-refractivity contribution in [2.75, 3.05) is 14.2 Å². The molecule has 0 atom stereocenters. The molecule has 0 saturated carbocycles. The first kappa shape index (κ1) is 15.1. The third-order valence-electron chi connectivity index (χ3n) is 3.95. The minimum atomic E-state index is -0.336. The molecule has 116 valence electrons. The standard InChI is InChI=1S/C20H18O3/c1-13-7-10-17(19(11-13)22-2)16-6-4-5-14-8-9-15(12-18(14)16)20(21)23-3/h4-12H,1-3H3. The molecule has 0 saturated heterocycles. The highest BCUT2D eigenvalue weighted by atomic mass is 16.5. The number of aryl methyl sites for hydroxylation is 1. The second kappa shape index (κ2) is 6.13. The number of ether oxygens (including phenoxy) is 2. The summed E-state index contributed by atoms with van der Waals surface area (Å²) in [5.74, 6) is 0.485. The van der Waals surface area contributed by atoms with Crippen LogP contribution in [0.1, 0.15) is 15.9 Å². The van der Waals surface area contributed by atoms with Gasteiger partial charge in [0.1, 0.15) is 5.75 Å². The zero-order valence-corrected chi connectivity index (χ0v) is 13.4. The van der Waals surface area contributed by atoms with Crippen molar-refractivity contribution in [1.29, 1.82) is 0 Å². The van der Waals surface area contributed by atoms with Crippen LogP contribution in [0.3, 0.4) is 0 Å². The largest absolute Gasteiger partial charge is 0.496 e. The number of carbonyl (C=O) groups excluding carboxylic acids is 1. The molecule has 0 fully saturated rings. The zero-order valence-electron chi connectivity index (χ0n) is 13.4. The van der Waals surface area contributed by atoms with Gasteiger partial charge >= 0.3 is 5.97 Å². The molecule has 0 aromatic heterocycles. The Labute approximate surface area is 135 Å². The van der Waals surface area contributed by atoms with Gasteiger partial charge < -0.3 is 9.47 Å². The summed E-state index contributed by atoms with van der Waals surface area (Å²) in [6.07, 6.45) is 0. The van der Waals surface area contributed by atoms with Gasteiger partial charge in [0, 0.05) is 5.56 Å². The molecular weight excluding hydrogens is 288 g/mol. The van der Waals surface area contributed by atoms with E-state index in [9.17, 15) is 4.79 Å². The predicted molar refractivity (Wildman–Crippen MR) is 92.0 cm³/mol. The van der Waals surface area contributed by atoms with Gasteiger partial charge in [-0.1, -0.05) is 36.4 Å². The first-order valence-corrected chi connectivity index (χ1v) is 7.40. The Bertz CT molecular complexity index is 881. The third-order valence-corrected chi connectivity index (χ3v) is 3.95. The van der Waals surface area contributed by atoms with E-state index in [1.807, 2.05) is 49.4 Å². The average molecular weight is 306 g/mol. The van der Waals surface area contributed by atoms with Gasteiger partial charge in [-0.25, -0.2) is 4.79 Å². The van der Waals surface area contributed by atoms with Crippen LogP contribution >= 0.6 is 0 Å². The highest BCUT2D eigenvalue weighted by Gasteiger charge is 2.12. The van der Waals surface area contributed by atoms with Crippen LogP contribution in [0.4, 0.5) is 0 Å². The first-order chi connectivity index (χ1) is 11.1. The Balaban J connectivity index is 2.27. The normalized spacial score (nSPS) is 10.6. The molecule has 3 aromatic rings. The van der Waals surface area contributed by atoms with Crippen molar-refractivity contribution < 1.29 is 14.3 Å². The van der Waals surface area contributed by atoms with Gasteiger partial charge in [-0.2, -0.15) is 0 Å². The summed E-state index contributed by atoms with van der Waals surface area (Å²) in [5.41, 5.74) is 3.72. The number of methoxy groups -OCH3 is 2. The molecule has 3 nitrogen and oxygen atoms in total. The molecule has 3 aromatic carbocycles. The van der Waals surface area contributed by atoms with Crippen molar-refractivity contribution in [2.45, 2.75) is 6.92 Å². The van der Waals surface area contributed by atoms with E-state index in [4.69, 9.17) is 9.47 Å². The van der Waals surface area contributed by atoms with Crippen LogP contribution in [0.2, 0.25) is 0 Å².